The number of nitrogens with zero attached hydrogens (tertiary/aromatic N) is 1. The van der Waals surface area contributed by atoms with Crippen molar-refractivity contribution in [1.82, 2.24) is 10.3 Å². The average molecular weight is 463 g/mol. The third kappa shape index (κ3) is 4.51. The van der Waals surface area contributed by atoms with E-state index in [1.165, 1.54) is 14.2 Å². The molecule has 7 nitrogen and oxygen atoms in total. The molecule has 3 rings (SSSR count). The number of amides is 1. The molecule has 0 spiro atoms. The Morgan fingerprint density at radius 2 is 1.53 bits per heavy atom. The molecule has 1 heterocycles. The molecule has 1 aliphatic carbocycles. The molecule has 1 aromatic carbocycles. The zero-order valence-electron chi connectivity index (χ0n) is 20.4. The maximum atomic E-state index is 13.5. The quantitative estimate of drug-likeness (QED) is 0.584. The Morgan fingerprint density at radius 1 is 0.941 bits per heavy atom. The van der Waals surface area contributed by atoms with Crippen molar-refractivity contribution in [3.63, 3.8) is 0 Å². The first-order chi connectivity index (χ1) is 16.3. The van der Waals surface area contributed by atoms with Crippen molar-refractivity contribution in [3.05, 3.63) is 70.4 Å². The molecule has 0 aliphatic heterocycles. The van der Waals surface area contributed by atoms with Crippen molar-refractivity contribution >= 4 is 23.0 Å². The molecule has 1 N–H and O–H groups in total. The Labute approximate surface area is 199 Å². The van der Waals surface area contributed by atoms with Crippen molar-refractivity contribution in [3.8, 4) is 11.1 Å². The zero-order valence-corrected chi connectivity index (χ0v) is 20.4. The SMILES string of the molecule is CCC(CC)NC(=O)c1cc(C2=C(C)C(=O)C(OC)=C(OC)C2=O)cc(C)c1-c1ccncc1. The number of Topliss-reactive ketones (excluding diaryl/α,β-unsaturated/α-hetero) is 2. The largest absolute Gasteiger partial charge is 0.489 e. The van der Waals surface area contributed by atoms with Crippen LogP contribution in [0.25, 0.3) is 16.7 Å². The number of carbonyl (C=O) groups is 3. The van der Waals surface area contributed by atoms with Gasteiger partial charge in [-0.05, 0) is 67.1 Å². The van der Waals surface area contributed by atoms with Gasteiger partial charge in [-0.25, -0.2) is 0 Å². The molecular weight excluding hydrogens is 432 g/mol. The molecule has 1 aliphatic rings. The van der Waals surface area contributed by atoms with Gasteiger partial charge in [0.25, 0.3) is 5.91 Å². The fourth-order valence-electron chi connectivity index (χ4n) is 4.26. The highest BCUT2D eigenvalue weighted by atomic mass is 16.5. The van der Waals surface area contributed by atoms with Crippen LogP contribution in [0.4, 0.5) is 0 Å². The highest BCUT2D eigenvalue weighted by Gasteiger charge is 2.36. The van der Waals surface area contributed by atoms with Crippen LogP contribution in [0.5, 0.6) is 0 Å². The Kier molecular flexibility index (Phi) is 7.66. The van der Waals surface area contributed by atoms with Crippen molar-refractivity contribution in [2.24, 2.45) is 0 Å². The van der Waals surface area contributed by atoms with Crippen LogP contribution in [0.3, 0.4) is 0 Å². The number of methoxy groups -OCH3 is 2. The number of benzene rings is 1. The lowest BCUT2D eigenvalue weighted by Gasteiger charge is -2.23. The number of pyridine rings is 1. The topological polar surface area (TPSA) is 94.6 Å². The molecule has 2 aromatic rings. The molecule has 34 heavy (non-hydrogen) atoms. The normalized spacial score (nSPS) is 14.1. The molecule has 0 saturated heterocycles. The highest BCUT2D eigenvalue weighted by molar-refractivity contribution is 6.38. The van der Waals surface area contributed by atoms with Gasteiger partial charge in [0.1, 0.15) is 0 Å². The van der Waals surface area contributed by atoms with Crippen molar-refractivity contribution < 1.29 is 23.9 Å². The average Bonchev–Trinajstić information content (AvgIpc) is 2.84. The lowest BCUT2D eigenvalue weighted by atomic mass is 9.84. The van der Waals surface area contributed by atoms with Gasteiger partial charge in [-0.3, -0.25) is 19.4 Å². The molecule has 0 radical (unpaired) electrons. The summed E-state index contributed by atoms with van der Waals surface area (Å²) in [6.45, 7) is 7.50. The Morgan fingerprint density at radius 3 is 2.09 bits per heavy atom. The van der Waals surface area contributed by atoms with Crippen LogP contribution in [0, 0.1) is 6.92 Å². The van der Waals surface area contributed by atoms with E-state index >= 15 is 0 Å². The van der Waals surface area contributed by atoms with Gasteiger partial charge >= 0.3 is 0 Å². The summed E-state index contributed by atoms with van der Waals surface area (Å²) in [6, 6.07) is 7.19. The van der Waals surface area contributed by atoms with E-state index in [0.29, 0.717) is 11.1 Å². The van der Waals surface area contributed by atoms with Gasteiger partial charge in [0.2, 0.25) is 23.1 Å². The predicted octanol–water partition coefficient (Wildman–Crippen LogP) is 4.41. The van der Waals surface area contributed by atoms with Gasteiger partial charge in [-0.1, -0.05) is 19.9 Å². The van der Waals surface area contributed by atoms with Crippen molar-refractivity contribution in [2.45, 2.75) is 46.6 Å². The minimum Gasteiger partial charge on any atom is -0.489 e. The summed E-state index contributed by atoms with van der Waals surface area (Å²) >= 11 is 0. The smallest absolute Gasteiger partial charge is 0.252 e. The second-order valence-electron chi connectivity index (χ2n) is 8.16. The predicted molar refractivity (Wildman–Crippen MR) is 130 cm³/mol. The summed E-state index contributed by atoms with van der Waals surface area (Å²) in [5.74, 6) is -1.39. The Hall–Kier alpha value is -3.74. The molecule has 0 fully saturated rings. The van der Waals surface area contributed by atoms with Gasteiger partial charge in [-0.15, -0.1) is 0 Å². The van der Waals surface area contributed by atoms with E-state index in [1.807, 2.05) is 39.0 Å². The third-order valence-electron chi connectivity index (χ3n) is 6.13. The molecule has 1 amide bonds. The van der Waals surface area contributed by atoms with Crippen LogP contribution < -0.4 is 5.32 Å². The van der Waals surface area contributed by atoms with E-state index in [-0.39, 0.29) is 34.6 Å². The number of nitrogens with one attached hydrogen (secondary N) is 1. The Balaban J connectivity index is 2.24. The molecule has 1 aromatic heterocycles. The molecule has 0 bridgehead atoms. The summed E-state index contributed by atoms with van der Waals surface area (Å²) in [4.78, 5) is 43.8. The van der Waals surface area contributed by atoms with Gasteiger partial charge < -0.3 is 14.8 Å². The highest BCUT2D eigenvalue weighted by Crippen LogP contribution is 2.36. The third-order valence-corrected chi connectivity index (χ3v) is 6.13. The summed E-state index contributed by atoms with van der Waals surface area (Å²) in [5.41, 5.74) is 3.72. The fraction of sp³-hybridized carbons (Fsp3) is 0.333. The van der Waals surface area contributed by atoms with E-state index in [1.54, 1.807) is 25.4 Å². The second-order valence-corrected chi connectivity index (χ2v) is 8.16. The number of aromatic nitrogens is 1. The number of ether oxygens (including phenoxy) is 2. The first kappa shape index (κ1) is 24.9. The number of allylic oxidation sites excluding steroid dienone is 2. The Bertz CT molecular complexity index is 1190. The summed E-state index contributed by atoms with van der Waals surface area (Å²) in [7, 11) is 2.65. The van der Waals surface area contributed by atoms with Crippen LogP contribution in [-0.4, -0.2) is 42.7 Å². The van der Waals surface area contributed by atoms with Gasteiger partial charge in [0, 0.05) is 35.1 Å². The number of ketones is 2. The minimum absolute atomic E-state index is 0.0212. The molecule has 178 valence electrons. The van der Waals surface area contributed by atoms with Crippen LogP contribution in [-0.2, 0) is 19.1 Å². The monoisotopic (exact) mass is 462 g/mol. The van der Waals surface area contributed by atoms with E-state index in [2.05, 4.69) is 10.3 Å². The maximum absolute atomic E-state index is 13.5. The van der Waals surface area contributed by atoms with E-state index in [9.17, 15) is 14.4 Å². The van der Waals surface area contributed by atoms with E-state index in [4.69, 9.17) is 9.47 Å². The summed E-state index contributed by atoms with van der Waals surface area (Å²) < 4.78 is 10.4. The van der Waals surface area contributed by atoms with Gasteiger partial charge in [0.15, 0.2) is 0 Å². The van der Waals surface area contributed by atoms with E-state index in [0.717, 1.165) is 29.5 Å². The molecule has 7 heteroatoms. The number of aryl methyl sites for hydroxylation is 1. The summed E-state index contributed by atoms with van der Waals surface area (Å²) in [5, 5.41) is 3.09. The molecule has 0 saturated carbocycles. The van der Waals surface area contributed by atoms with Crippen LogP contribution in [0.2, 0.25) is 0 Å². The van der Waals surface area contributed by atoms with Crippen LogP contribution >= 0.6 is 0 Å². The van der Waals surface area contributed by atoms with Gasteiger partial charge in [-0.2, -0.15) is 0 Å². The van der Waals surface area contributed by atoms with E-state index < -0.39 is 11.6 Å². The number of rotatable bonds is 8. The zero-order chi connectivity index (χ0) is 25.0. The number of carbonyl (C=O) groups excluding carboxylic acids is 3. The summed E-state index contributed by atoms with van der Waals surface area (Å²) in [6.07, 6.45) is 4.93. The first-order valence-corrected chi connectivity index (χ1v) is 11.3. The number of hydrogen-bond acceptors (Lipinski definition) is 6. The maximum Gasteiger partial charge on any atom is 0.252 e. The molecule has 0 unspecified atom stereocenters. The lowest BCUT2D eigenvalue weighted by Crippen LogP contribution is -2.34. The molecular formula is C27H30N2O5. The van der Waals surface area contributed by atoms with Crippen LogP contribution in [0.1, 0.15) is 55.1 Å². The standard InChI is InChI=1S/C27H30N2O5/c1-7-19(8-2)29-27(32)20-14-18(13-15(3)21(20)17-9-11-28-12-10-17)22-16(4)23(30)25(33-5)26(34-6)24(22)31/h9-14,19H,7-8H2,1-6H3,(H,29,32). The van der Waals surface area contributed by atoms with Crippen LogP contribution in [0.15, 0.2) is 53.8 Å². The minimum atomic E-state index is -0.459. The first-order valence-electron chi connectivity index (χ1n) is 11.3. The number of hydrogen-bond donors (Lipinski definition) is 1. The second kappa shape index (κ2) is 10.5. The van der Waals surface area contributed by atoms with Crippen molar-refractivity contribution in [1.29, 1.82) is 0 Å². The van der Waals surface area contributed by atoms with Crippen molar-refractivity contribution in [2.75, 3.05) is 14.2 Å². The molecule has 0 atom stereocenters. The fourth-order valence-corrected chi connectivity index (χ4v) is 4.26. The van der Waals surface area contributed by atoms with Gasteiger partial charge in [0.05, 0.1) is 14.2 Å². The lowest BCUT2D eigenvalue weighted by molar-refractivity contribution is -0.119.